The summed E-state index contributed by atoms with van der Waals surface area (Å²) in [6.45, 7) is 0. The van der Waals surface area contributed by atoms with Gasteiger partial charge < -0.3 is 29.9 Å². The molecule has 2 fully saturated rings. The number of aliphatic hydroxyl groups is 4. The Morgan fingerprint density at radius 2 is 1.75 bits per heavy atom. The molecule has 6 nitrogen and oxygen atoms in total. The first-order valence-electron chi connectivity index (χ1n) is 6.51. The summed E-state index contributed by atoms with van der Waals surface area (Å²) in [7, 11) is 1.32. The van der Waals surface area contributed by atoms with Crippen molar-refractivity contribution in [1.82, 2.24) is 0 Å². The molecule has 110 valence electrons. The van der Waals surface area contributed by atoms with Crippen LogP contribution in [0.25, 0.3) is 0 Å². The van der Waals surface area contributed by atoms with E-state index in [1.165, 1.54) is 7.11 Å². The highest BCUT2D eigenvalue weighted by Crippen LogP contribution is 2.53. The lowest BCUT2D eigenvalue weighted by Crippen LogP contribution is -2.80. The second-order valence-electron chi connectivity index (χ2n) is 5.36. The summed E-state index contributed by atoms with van der Waals surface area (Å²) in [6.07, 6.45) is -5.86. The first kappa shape index (κ1) is 13.9. The third-order valence-corrected chi connectivity index (χ3v) is 4.35. The number of hydrogen-bond acceptors (Lipinski definition) is 6. The van der Waals surface area contributed by atoms with Gasteiger partial charge in [-0.1, -0.05) is 30.3 Å². The van der Waals surface area contributed by atoms with Crippen LogP contribution in [0.1, 0.15) is 11.5 Å². The Bertz CT molecular complexity index is 476. The Morgan fingerprint density at radius 1 is 1.10 bits per heavy atom. The predicted molar refractivity (Wildman–Crippen MR) is 67.8 cm³/mol. The molecule has 6 heteroatoms. The number of hydrogen-bond donors (Lipinski definition) is 4. The number of ether oxygens (including phenoxy) is 2. The zero-order valence-corrected chi connectivity index (χ0v) is 11.0. The van der Waals surface area contributed by atoms with Crippen LogP contribution in [0.2, 0.25) is 0 Å². The van der Waals surface area contributed by atoms with Crippen molar-refractivity contribution in [2.24, 2.45) is 0 Å². The fourth-order valence-electron chi connectivity index (χ4n) is 3.29. The van der Waals surface area contributed by atoms with Gasteiger partial charge in [0.2, 0.25) is 0 Å². The first-order valence-corrected chi connectivity index (χ1v) is 6.51. The molecule has 20 heavy (non-hydrogen) atoms. The fourth-order valence-corrected chi connectivity index (χ4v) is 3.29. The molecule has 1 aliphatic heterocycles. The number of rotatable bonds is 2. The van der Waals surface area contributed by atoms with Crippen LogP contribution in [-0.2, 0) is 9.47 Å². The van der Waals surface area contributed by atoms with Crippen LogP contribution >= 0.6 is 0 Å². The maximum absolute atomic E-state index is 10.7. The average molecular weight is 282 g/mol. The van der Waals surface area contributed by atoms with E-state index in [2.05, 4.69) is 0 Å². The van der Waals surface area contributed by atoms with Gasteiger partial charge in [0, 0.05) is 13.0 Å². The lowest BCUT2D eigenvalue weighted by atomic mass is 9.57. The van der Waals surface area contributed by atoms with Gasteiger partial charge in [-0.3, -0.25) is 0 Å². The molecule has 2 unspecified atom stereocenters. The molecule has 0 spiro atoms. The Morgan fingerprint density at radius 3 is 2.35 bits per heavy atom. The van der Waals surface area contributed by atoms with Crippen molar-refractivity contribution >= 4 is 0 Å². The van der Waals surface area contributed by atoms with E-state index < -0.39 is 42.2 Å². The number of aliphatic hydroxyl groups excluding tert-OH is 3. The standard InChI is InChI=1S/C14H18O6/c1-19-13-10(16)11(17)14(18)8(9(15)12(14)20-13)7-5-3-2-4-6-7/h2-6,8-13,15-18H,1H3/t8?,9?,10-,11-,12-,13+,14+/m1/s1. The molecule has 0 amide bonds. The normalized spacial score (nSPS) is 47.5. The quantitative estimate of drug-likeness (QED) is 0.553. The highest BCUT2D eigenvalue weighted by atomic mass is 16.7. The van der Waals surface area contributed by atoms with E-state index in [1.54, 1.807) is 24.3 Å². The largest absolute Gasteiger partial charge is 0.390 e. The second kappa shape index (κ2) is 4.77. The molecule has 7 atom stereocenters. The first-order chi connectivity index (χ1) is 9.51. The van der Waals surface area contributed by atoms with Crippen LogP contribution in [-0.4, -0.2) is 63.8 Å². The molecule has 0 bridgehead atoms. The van der Waals surface area contributed by atoms with Gasteiger partial charge in [-0.2, -0.15) is 0 Å². The summed E-state index contributed by atoms with van der Waals surface area (Å²) >= 11 is 0. The van der Waals surface area contributed by atoms with Gasteiger partial charge in [-0.25, -0.2) is 0 Å². The van der Waals surface area contributed by atoms with Crippen LogP contribution in [0.15, 0.2) is 30.3 Å². The lowest BCUT2D eigenvalue weighted by Gasteiger charge is -2.61. The Balaban J connectivity index is 1.94. The minimum atomic E-state index is -1.73. The van der Waals surface area contributed by atoms with E-state index in [0.717, 1.165) is 0 Å². The second-order valence-corrected chi connectivity index (χ2v) is 5.36. The van der Waals surface area contributed by atoms with Gasteiger partial charge in [0.15, 0.2) is 6.29 Å². The van der Waals surface area contributed by atoms with Crippen molar-refractivity contribution in [2.75, 3.05) is 7.11 Å². The molecule has 0 radical (unpaired) electrons. The van der Waals surface area contributed by atoms with Crippen LogP contribution < -0.4 is 0 Å². The molecule has 4 N–H and O–H groups in total. The minimum absolute atomic E-state index is 0.685. The van der Waals surface area contributed by atoms with Gasteiger partial charge >= 0.3 is 0 Å². The summed E-state index contributed by atoms with van der Waals surface area (Å²) in [5.41, 5.74) is -1.04. The fraction of sp³-hybridized carbons (Fsp3) is 0.571. The zero-order chi connectivity index (χ0) is 14.5. The highest BCUT2D eigenvalue weighted by Gasteiger charge is 2.71. The summed E-state index contributed by atoms with van der Waals surface area (Å²) < 4.78 is 10.3. The third kappa shape index (κ3) is 1.67. The molecule has 1 saturated carbocycles. The smallest absolute Gasteiger partial charge is 0.186 e. The van der Waals surface area contributed by atoms with Gasteiger partial charge in [0.05, 0.1) is 6.10 Å². The average Bonchev–Trinajstić information content (AvgIpc) is 2.46. The van der Waals surface area contributed by atoms with E-state index in [1.807, 2.05) is 6.07 Å². The monoisotopic (exact) mass is 282 g/mol. The SMILES string of the molecule is CO[C@H]1O[C@@H]2C(O)C(c3ccccc3)[C@]2(O)[C@H](O)[C@H]1O. The lowest BCUT2D eigenvalue weighted by molar-refractivity contribution is -0.383. The van der Waals surface area contributed by atoms with Crippen LogP contribution in [0.3, 0.4) is 0 Å². The van der Waals surface area contributed by atoms with E-state index in [9.17, 15) is 20.4 Å². The predicted octanol–water partition coefficient (Wildman–Crippen LogP) is -1.03. The van der Waals surface area contributed by atoms with E-state index in [-0.39, 0.29) is 0 Å². The van der Waals surface area contributed by atoms with Crippen LogP contribution in [0, 0.1) is 0 Å². The van der Waals surface area contributed by atoms with Crippen LogP contribution in [0.5, 0.6) is 0 Å². The molecule has 1 aromatic rings. The van der Waals surface area contributed by atoms with Gasteiger partial charge in [-0.15, -0.1) is 0 Å². The van der Waals surface area contributed by atoms with Crippen molar-refractivity contribution in [1.29, 1.82) is 0 Å². The van der Waals surface area contributed by atoms with E-state index in [4.69, 9.17) is 9.47 Å². The van der Waals surface area contributed by atoms with E-state index >= 15 is 0 Å². The summed E-state index contributed by atoms with van der Waals surface area (Å²) in [5, 5.41) is 41.1. The zero-order valence-electron chi connectivity index (χ0n) is 11.0. The molecular weight excluding hydrogens is 264 g/mol. The maximum Gasteiger partial charge on any atom is 0.186 e. The molecule has 1 heterocycles. The summed E-state index contributed by atoms with van der Waals surface area (Å²) in [4.78, 5) is 0. The molecule has 2 aliphatic rings. The molecule has 0 aromatic heterocycles. The number of benzene rings is 1. The number of methoxy groups -OCH3 is 1. The minimum Gasteiger partial charge on any atom is -0.390 e. The van der Waals surface area contributed by atoms with Gasteiger partial charge in [-0.05, 0) is 5.56 Å². The van der Waals surface area contributed by atoms with Crippen LogP contribution in [0.4, 0.5) is 0 Å². The van der Waals surface area contributed by atoms with Crippen molar-refractivity contribution in [2.45, 2.75) is 42.2 Å². The van der Waals surface area contributed by atoms with Crippen molar-refractivity contribution in [3.63, 3.8) is 0 Å². The van der Waals surface area contributed by atoms with Crippen molar-refractivity contribution < 1.29 is 29.9 Å². The Kier molecular flexibility index (Phi) is 3.32. The van der Waals surface area contributed by atoms with Crippen molar-refractivity contribution in [3.8, 4) is 0 Å². The van der Waals surface area contributed by atoms with Crippen molar-refractivity contribution in [3.05, 3.63) is 35.9 Å². The highest BCUT2D eigenvalue weighted by molar-refractivity contribution is 5.35. The molecule has 3 rings (SSSR count). The Hall–Kier alpha value is -1.02. The maximum atomic E-state index is 10.7. The molecule has 1 aliphatic carbocycles. The van der Waals surface area contributed by atoms with E-state index in [0.29, 0.717) is 5.56 Å². The summed E-state index contributed by atoms with van der Waals surface area (Å²) in [6, 6.07) is 8.89. The molecule has 1 saturated heterocycles. The molecular formula is C14H18O6. The van der Waals surface area contributed by atoms with Gasteiger partial charge in [0.1, 0.15) is 23.9 Å². The van der Waals surface area contributed by atoms with Gasteiger partial charge in [0.25, 0.3) is 0 Å². The topological polar surface area (TPSA) is 99.4 Å². The molecule has 1 aromatic carbocycles. The summed E-state index contributed by atoms with van der Waals surface area (Å²) in [5.74, 6) is -0.712. The Labute approximate surface area is 116 Å². The third-order valence-electron chi connectivity index (χ3n) is 4.35. The number of fused-ring (bicyclic) bond motifs is 1.